The number of rotatable bonds is 7. The van der Waals surface area contributed by atoms with Gasteiger partial charge in [-0.1, -0.05) is 23.7 Å². The van der Waals surface area contributed by atoms with Crippen LogP contribution < -0.4 is 14.8 Å². The van der Waals surface area contributed by atoms with E-state index >= 15 is 0 Å². The molecule has 2 aromatic carbocycles. The molecular formula is C23H27ClN2O5. The number of nitrogens with zero attached hydrogens (tertiary/aromatic N) is 1. The molecule has 2 aromatic rings. The first-order valence-corrected chi connectivity index (χ1v) is 10.3. The smallest absolute Gasteiger partial charge is 0.323 e. The highest BCUT2D eigenvalue weighted by Crippen LogP contribution is 2.33. The largest absolute Gasteiger partial charge is 0.496 e. The Morgan fingerprint density at radius 1 is 1.16 bits per heavy atom. The van der Waals surface area contributed by atoms with Gasteiger partial charge in [-0.25, -0.2) is 0 Å². The number of hydrogen-bond donors (Lipinski definition) is 1. The van der Waals surface area contributed by atoms with Crippen molar-refractivity contribution in [1.82, 2.24) is 10.2 Å². The highest BCUT2D eigenvalue weighted by atomic mass is 35.5. The number of amides is 1. The monoisotopic (exact) mass is 446 g/mol. The second-order valence-electron chi connectivity index (χ2n) is 7.47. The van der Waals surface area contributed by atoms with E-state index in [0.29, 0.717) is 30.1 Å². The van der Waals surface area contributed by atoms with Gasteiger partial charge in [-0.3, -0.25) is 14.5 Å². The molecule has 31 heavy (non-hydrogen) atoms. The molecule has 1 saturated heterocycles. The Labute approximate surface area is 187 Å². The molecule has 0 aromatic heterocycles. The van der Waals surface area contributed by atoms with Crippen LogP contribution in [0, 0.1) is 6.92 Å². The van der Waals surface area contributed by atoms with E-state index in [9.17, 15) is 9.59 Å². The zero-order valence-corrected chi connectivity index (χ0v) is 18.9. The lowest BCUT2D eigenvalue weighted by Gasteiger charge is -2.24. The normalized spacial score (nSPS) is 18.5. The van der Waals surface area contributed by atoms with Gasteiger partial charge in [-0.2, -0.15) is 0 Å². The summed E-state index contributed by atoms with van der Waals surface area (Å²) in [5.74, 6) is 0.895. The van der Waals surface area contributed by atoms with Crippen LogP contribution in [-0.4, -0.2) is 56.7 Å². The van der Waals surface area contributed by atoms with Crippen LogP contribution in [0.1, 0.15) is 27.9 Å². The number of carbonyl (C=O) groups is 2. The van der Waals surface area contributed by atoms with Gasteiger partial charge in [0.2, 0.25) is 0 Å². The van der Waals surface area contributed by atoms with E-state index in [1.54, 1.807) is 38.5 Å². The Bertz CT molecular complexity index is 965. The fourth-order valence-corrected chi connectivity index (χ4v) is 4.23. The molecule has 0 bridgehead atoms. The fourth-order valence-electron chi connectivity index (χ4n) is 4.04. The van der Waals surface area contributed by atoms with Gasteiger partial charge in [0.25, 0.3) is 5.91 Å². The molecule has 1 heterocycles. The van der Waals surface area contributed by atoms with Crippen LogP contribution in [0.4, 0.5) is 0 Å². The van der Waals surface area contributed by atoms with Crippen molar-refractivity contribution < 1.29 is 23.8 Å². The van der Waals surface area contributed by atoms with Crippen LogP contribution in [0.15, 0.2) is 36.4 Å². The number of hydrogen-bond acceptors (Lipinski definition) is 6. The highest BCUT2D eigenvalue weighted by Gasteiger charge is 2.38. The van der Waals surface area contributed by atoms with Gasteiger partial charge in [0.05, 0.1) is 21.3 Å². The summed E-state index contributed by atoms with van der Waals surface area (Å²) in [4.78, 5) is 27.1. The van der Waals surface area contributed by atoms with Gasteiger partial charge in [0.1, 0.15) is 17.5 Å². The Hall–Kier alpha value is -2.77. The lowest BCUT2D eigenvalue weighted by Crippen LogP contribution is -2.37. The maximum Gasteiger partial charge on any atom is 0.323 e. The number of likely N-dealkylation sites (tertiary alicyclic amines) is 1. The van der Waals surface area contributed by atoms with Crippen molar-refractivity contribution >= 4 is 23.5 Å². The van der Waals surface area contributed by atoms with E-state index in [-0.39, 0.29) is 17.9 Å². The second-order valence-corrected chi connectivity index (χ2v) is 7.91. The molecule has 1 aliphatic rings. The predicted octanol–water partition coefficient (Wildman–Crippen LogP) is 3.21. The van der Waals surface area contributed by atoms with Gasteiger partial charge in [-0.05, 0) is 37.6 Å². The fraction of sp³-hybridized carbons (Fsp3) is 0.391. The summed E-state index contributed by atoms with van der Waals surface area (Å²) in [7, 11) is 4.60. The number of halogens is 1. The summed E-state index contributed by atoms with van der Waals surface area (Å²) in [5.41, 5.74) is 2.30. The van der Waals surface area contributed by atoms with Crippen LogP contribution in [0.25, 0.3) is 0 Å². The van der Waals surface area contributed by atoms with Crippen molar-refractivity contribution in [2.24, 2.45) is 0 Å². The SMILES string of the molecule is COC(=O)[C@@H]1C[C@H](NC(=O)c2cccc(Cl)c2)CN1Cc1ccc(OC)c(C)c1OC. The van der Waals surface area contributed by atoms with Gasteiger partial charge in [0, 0.05) is 40.8 Å². The molecule has 8 heteroatoms. The molecule has 0 aliphatic carbocycles. The molecule has 1 amide bonds. The predicted molar refractivity (Wildman–Crippen MR) is 118 cm³/mol. The standard InChI is InChI=1S/C23H27ClN2O5/c1-14-20(29-2)9-8-16(21(14)30-3)12-26-13-18(11-19(26)23(28)31-4)25-22(27)15-6-5-7-17(24)10-15/h5-10,18-19H,11-13H2,1-4H3,(H,25,27)/t18-,19-/m0/s1. The lowest BCUT2D eigenvalue weighted by molar-refractivity contribution is -0.146. The van der Waals surface area contributed by atoms with Crippen molar-refractivity contribution in [1.29, 1.82) is 0 Å². The zero-order valence-electron chi connectivity index (χ0n) is 18.1. The van der Waals surface area contributed by atoms with Gasteiger partial charge in [-0.15, -0.1) is 0 Å². The third kappa shape index (κ3) is 5.11. The zero-order chi connectivity index (χ0) is 22.5. The third-order valence-corrected chi connectivity index (χ3v) is 5.77. The minimum atomic E-state index is -0.471. The molecule has 0 saturated carbocycles. The number of benzene rings is 2. The van der Waals surface area contributed by atoms with Crippen molar-refractivity contribution in [3.8, 4) is 11.5 Å². The molecule has 3 rings (SSSR count). The van der Waals surface area contributed by atoms with Crippen LogP contribution in [0.5, 0.6) is 11.5 Å². The lowest BCUT2D eigenvalue weighted by atomic mass is 10.1. The minimum absolute atomic E-state index is 0.207. The summed E-state index contributed by atoms with van der Waals surface area (Å²) >= 11 is 6.00. The van der Waals surface area contributed by atoms with Gasteiger partial charge < -0.3 is 19.5 Å². The third-order valence-electron chi connectivity index (χ3n) is 5.53. The van der Waals surface area contributed by atoms with Gasteiger partial charge in [0.15, 0.2) is 0 Å². The van der Waals surface area contributed by atoms with Crippen molar-refractivity contribution in [3.05, 3.63) is 58.1 Å². The molecule has 166 valence electrons. The molecule has 7 nitrogen and oxygen atoms in total. The number of carbonyl (C=O) groups excluding carboxylic acids is 2. The van der Waals surface area contributed by atoms with E-state index in [2.05, 4.69) is 5.32 Å². The first-order valence-electron chi connectivity index (χ1n) is 9.96. The number of esters is 1. The summed E-state index contributed by atoms with van der Waals surface area (Å²) in [6.45, 7) is 2.90. The highest BCUT2D eigenvalue weighted by molar-refractivity contribution is 6.30. The molecule has 1 N–H and O–H groups in total. The summed E-state index contributed by atoms with van der Waals surface area (Å²) in [5, 5.41) is 3.50. The minimum Gasteiger partial charge on any atom is -0.496 e. The average molecular weight is 447 g/mol. The molecule has 1 aliphatic heterocycles. The van der Waals surface area contributed by atoms with Crippen LogP contribution in [-0.2, 0) is 16.1 Å². The molecule has 0 unspecified atom stereocenters. The summed E-state index contributed by atoms with van der Waals surface area (Å²) in [6, 6.07) is 9.90. The summed E-state index contributed by atoms with van der Waals surface area (Å²) < 4.78 is 16.0. The van der Waals surface area contributed by atoms with Crippen molar-refractivity contribution in [3.63, 3.8) is 0 Å². The van der Waals surface area contributed by atoms with Crippen molar-refractivity contribution in [2.45, 2.75) is 32.0 Å². The van der Waals surface area contributed by atoms with Crippen LogP contribution in [0.2, 0.25) is 5.02 Å². The maximum atomic E-state index is 12.6. The van der Waals surface area contributed by atoms with E-state index < -0.39 is 6.04 Å². The van der Waals surface area contributed by atoms with E-state index in [1.165, 1.54) is 7.11 Å². The Morgan fingerprint density at radius 2 is 1.94 bits per heavy atom. The van der Waals surface area contributed by atoms with Crippen molar-refractivity contribution in [2.75, 3.05) is 27.9 Å². The number of ether oxygens (including phenoxy) is 3. The summed E-state index contributed by atoms with van der Waals surface area (Å²) in [6.07, 6.45) is 0.455. The number of nitrogens with one attached hydrogen (secondary N) is 1. The number of methoxy groups -OCH3 is 3. The molecule has 0 radical (unpaired) electrons. The Balaban J connectivity index is 1.79. The van der Waals surface area contributed by atoms with E-state index in [0.717, 1.165) is 22.6 Å². The molecule has 0 spiro atoms. The van der Waals surface area contributed by atoms with E-state index in [4.69, 9.17) is 25.8 Å². The van der Waals surface area contributed by atoms with Crippen LogP contribution >= 0.6 is 11.6 Å². The first-order chi connectivity index (χ1) is 14.9. The Kier molecular flexibility index (Phi) is 7.41. The topological polar surface area (TPSA) is 77.1 Å². The molecular weight excluding hydrogens is 420 g/mol. The Morgan fingerprint density at radius 3 is 2.58 bits per heavy atom. The van der Waals surface area contributed by atoms with Crippen LogP contribution in [0.3, 0.4) is 0 Å². The van der Waals surface area contributed by atoms with E-state index in [1.807, 2.05) is 24.0 Å². The maximum absolute atomic E-state index is 12.6. The quantitative estimate of drug-likeness (QED) is 0.658. The molecule has 1 fully saturated rings. The average Bonchev–Trinajstić information content (AvgIpc) is 3.15. The van der Waals surface area contributed by atoms with Gasteiger partial charge >= 0.3 is 5.97 Å². The first kappa shape index (κ1) is 22.9. The second kappa shape index (κ2) is 10.0. The molecule has 2 atom stereocenters.